The van der Waals surface area contributed by atoms with E-state index in [9.17, 15) is 27.2 Å². The predicted octanol–water partition coefficient (Wildman–Crippen LogP) is 4.35. The standard InChI is InChI=1S/C22H19F5N4O2/c1-2-15(22(25,26)27)18(11-31-32)33-14-5-3-13(4-6-14)9-10-28-21-19-16(23)7-8-17(24)20(19)29-12-30-21/h2-8,11-12H,9-10,31H2,1H3,(H,28,29,30)/b15-2+,18-11+. The zero-order valence-electron chi connectivity index (χ0n) is 17.3. The minimum Gasteiger partial charge on any atom is -0.631 e. The molecule has 0 saturated heterocycles. The van der Waals surface area contributed by atoms with Gasteiger partial charge in [-0.25, -0.2) is 18.7 Å². The summed E-state index contributed by atoms with van der Waals surface area (Å²) in [5, 5.41) is 13.6. The molecule has 6 nitrogen and oxygen atoms in total. The Morgan fingerprint density at radius 3 is 2.42 bits per heavy atom. The van der Waals surface area contributed by atoms with Gasteiger partial charge in [0.1, 0.15) is 41.2 Å². The van der Waals surface area contributed by atoms with Crippen LogP contribution in [0.3, 0.4) is 0 Å². The fraction of sp³-hybridized carbons (Fsp3) is 0.182. The van der Waals surface area contributed by atoms with Crippen LogP contribution in [0.15, 0.2) is 66.3 Å². The van der Waals surface area contributed by atoms with Crippen molar-refractivity contribution in [2.24, 2.45) is 0 Å². The fourth-order valence-corrected chi connectivity index (χ4v) is 3.10. The first-order valence-electron chi connectivity index (χ1n) is 9.73. The van der Waals surface area contributed by atoms with Gasteiger partial charge in [0, 0.05) is 6.54 Å². The molecule has 1 heterocycles. The van der Waals surface area contributed by atoms with E-state index in [1.54, 1.807) is 12.1 Å². The largest absolute Gasteiger partial charge is 0.631 e. The minimum absolute atomic E-state index is 0.0554. The van der Waals surface area contributed by atoms with Crippen LogP contribution in [0, 0.1) is 16.8 Å². The number of nitrogens with zero attached hydrogens (tertiary/aromatic N) is 2. The van der Waals surface area contributed by atoms with Crippen LogP contribution in [0.1, 0.15) is 12.5 Å². The summed E-state index contributed by atoms with van der Waals surface area (Å²) >= 11 is 0. The topological polar surface area (TPSA) is 86.7 Å². The fourth-order valence-electron chi connectivity index (χ4n) is 3.10. The number of anilines is 1. The highest BCUT2D eigenvalue weighted by molar-refractivity contribution is 5.89. The van der Waals surface area contributed by atoms with E-state index < -0.39 is 29.1 Å². The van der Waals surface area contributed by atoms with Crippen molar-refractivity contribution in [1.29, 1.82) is 0 Å². The molecular formula is C22H19F5N4O2. The van der Waals surface area contributed by atoms with Crippen LogP contribution < -0.4 is 15.5 Å². The predicted molar refractivity (Wildman–Crippen MR) is 112 cm³/mol. The lowest BCUT2D eigenvalue weighted by Crippen LogP contribution is -2.70. The number of quaternary nitrogens is 1. The maximum Gasteiger partial charge on any atom is 0.419 e. The van der Waals surface area contributed by atoms with Crippen LogP contribution in [-0.4, -0.2) is 22.7 Å². The molecule has 11 heteroatoms. The van der Waals surface area contributed by atoms with Gasteiger partial charge >= 0.3 is 6.18 Å². The number of fused-ring (bicyclic) bond motifs is 1. The molecule has 0 bridgehead atoms. The molecule has 174 valence electrons. The third kappa shape index (κ3) is 5.82. The maximum atomic E-state index is 14.1. The van der Waals surface area contributed by atoms with E-state index in [0.717, 1.165) is 30.1 Å². The van der Waals surface area contributed by atoms with Gasteiger partial charge in [0.15, 0.2) is 5.76 Å². The van der Waals surface area contributed by atoms with E-state index >= 15 is 0 Å². The van der Waals surface area contributed by atoms with Gasteiger partial charge in [-0.2, -0.15) is 13.2 Å². The number of halogens is 5. The van der Waals surface area contributed by atoms with Crippen molar-refractivity contribution in [1.82, 2.24) is 9.97 Å². The van der Waals surface area contributed by atoms with Gasteiger partial charge in [-0.15, -0.1) is 0 Å². The molecule has 0 aliphatic rings. The Hall–Kier alpha value is -3.57. The van der Waals surface area contributed by atoms with Crippen molar-refractivity contribution < 1.29 is 32.2 Å². The lowest BCUT2D eigenvalue weighted by atomic mass is 10.1. The third-order valence-electron chi connectivity index (χ3n) is 4.62. The lowest BCUT2D eigenvalue weighted by Gasteiger charge is -2.15. The number of nitrogens with one attached hydrogen (secondary N) is 1. The molecule has 3 aromatic rings. The van der Waals surface area contributed by atoms with Crippen molar-refractivity contribution in [3.8, 4) is 5.75 Å². The van der Waals surface area contributed by atoms with Crippen LogP contribution in [0.2, 0.25) is 0 Å². The molecule has 0 aliphatic carbocycles. The van der Waals surface area contributed by atoms with E-state index in [2.05, 4.69) is 15.3 Å². The van der Waals surface area contributed by atoms with Crippen molar-refractivity contribution in [2.75, 3.05) is 11.9 Å². The molecule has 33 heavy (non-hydrogen) atoms. The highest BCUT2D eigenvalue weighted by Gasteiger charge is 2.37. The zero-order valence-corrected chi connectivity index (χ0v) is 17.3. The number of nitrogens with two attached hydrogens (primary N) is 1. The van der Waals surface area contributed by atoms with Gasteiger partial charge in [0.05, 0.1) is 11.0 Å². The molecule has 0 radical (unpaired) electrons. The van der Waals surface area contributed by atoms with Gasteiger partial charge < -0.3 is 20.7 Å². The number of aromatic nitrogens is 2. The molecule has 0 atom stereocenters. The summed E-state index contributed by atoms with van der Waals surface area (Å²) < 4.78 is 72.6. The Balaban J connectivity index is 1.67. The van der Waals surface area contributed by atoms with E-state index in [4.69, 9.17) is 4.74 Å². The number of hydrogen-bond donors (Lipinski definition) is 2. The van der Waals surface area contributed by atoms with E-state index in [1.165, 1.54) is 19.1 Å². The summed E-state index contributed by atoms with van der Waals surface area (Å²) in [6.45, 7) is 1.51. The summed E-state index contributed by atoms with van der Waals surface area (Å²) in [5.74, 6) is -1.68. The number of benzene rings is 2. The maximum absolute atomic E-state index is 14.1. The zero-order chi connectivity index (χ0) is 24.0. The number of ether oxygens (including phenoxy) is 1. The Labute approximate surface area is 185 Å². The molecule has 3 N–H and O–H groups in total. The molecule has 0 spiro atoms. The second kappa shape index (κ2) is 10.4. The van der Waals surface area contributed by atoms with Gasteiger partial charge in [0.2, 0.25) is 0 Å². The van der Waals surface area contributed by atoms with Crippen LogP contribution in [0.5, 0.6) is 5.75 Å². The van der Waals surface area contributed by atoms with Gasteiger partial charge in [-0.1, -0.05) is 18.2 Å². The number of allylic oxidation sites excluding steroid dienone is 2. The van der Waals surface area contributed by atoms with Crippen LogP contribution >= 0.6 is 0 Å². The molecule has 0 aliphatic heterocycles. The number of alkyl halides is 3. The minimum atomic E-state index is -4.68. The Morgan fingerprint density at radius 1 is 1.09 bits per heavy atom. The first-order chi connectivity index (χ1) is 15.7. The Kier molecular flexibility index (Phi) is 7.56. The molecule has 1 aromatic heterocycles. The highest BCUT2D eigenvalue weighted by Crippen LogP contribution is 2.32. The summed E-state index contributed by atoms with van der Waals surface area (Å²) in [4.78, 5) is 7.74. The lowest BCUT2D eigenvalue weighted by molar-refractivity contribution is -0.516. The summed E-state index contributed by atoms with van der Waals surface area (Å²) in [5.41, 5.74) is -0.185. The average molecular weight is 466 g/mol. The molecular weight excluding hydrogens is 447 g/mol. The van der Waals surface area contributed by atoms with Gasteiger partial charge in [-0.05, 0) is 43.2 Å². The average Bonchev–Trinajstić information content (AvgIpc) is 2.77. The van der Waals surface area contributed by atoms with E-state index in [0.29, 0.717) is 19.2 Å². The van der Waals surface area contributed by atoms with Crippen LogP contribution in [0.25, 0.3) is 10.9 Å². The van der Waals surface area contributed by atoms with E-state index in [1.807, 2.05) is 0 Å². The van der Waals surface area contributed by atoms with Gasteiger partial charge in [0.25, 0.3) is 0 Å². The van der Waals surface area contributed by atoms with Crippen molar-refractivity contribution in [3.63, 3.8) is 0 Å². The number of hydroxylamine groups is 1. The summed E-state index contributed by atoms with van der Waals surface area (Å²) in [6.07, 6.45) is -1.58. The molecule has 0 fully saturated rings. The Morgan fingerprint density at radius 2 is 1.79 bits per heavy atom. The SMILES string of the molecule is C/C=C(\C(=C/[NH2+][O-])Oc1ccc(CCNc2ncnc3c(F)ccc(F)c23)cc1)C(F)(F)F. The smallest absolute Gasteiger partial charge is 0.419 e. The molecule has 3 rings (SSSR count). The normalized spacial score (nSPS) is 12.8. The first-order valence-corrected chi connectivity index (χ1v) is 9.73. The number of hydrogen-bond acceptors (Lipinski definition) is 5. The van der Waals surface area contributed by atoms with Crippen molar-refractivity contribution in [2.45, 2.75) is 19.5 Å². The van der Waals surface area contributed by atoms with Gasteiger partial charge in [-0.3, -0.25) is 0 Å². The second-order valence-electron chi connectivity index (χ2n) is 6.76. The summed E-state index contributed by atoms with van der Waals surface area (Å²) in [6, 6.07) is 8.19. The Bertz CT molecular complexity index is 1180. The number of rotatable bonds is 8. The third-order valence-corrected chi connectivity index (χ3v) is 4.62. The van der Waals surface area contributed by atoms with Crippen molar-refractivity contribution in [3.05, 3.63) is 88.7 Å². The quantitative estimate of drug-likeness (QED) is 0.223. The summed E-state index contributed by atoms with van der Waals surface area (Å²) in [7, 11) is 0. The molecule has 0 saturated carbocycles. The van der Waals surface area contributed by atoms with Crippen LogP contribution in [0.4, 0.5) is 27.8 Å². The molecule has 2 aromatic carbocycles. The highest BCUT2D eigenvalue weighted by atomic mass is 19.4. The van der Waals surface area contributed by atoms with E-state index in [-0.39, 0.29) is 28.0 Å². The molecule has 0 unspecified atom stereocenters. The second-order valence-corrected chi connectivity index (χ2v) is 6.76. The first kappa shape index (κ1) is 24.1. The van der Waals surface area contributed by atoms with Crippen LogP contribution in [-0.2, 0) is 6.42 Å². The monoisotopic (exact) mass is 466 g/mol. The van der Waals surface area contributed by atoms with Crippen molar-refractivity contribution >= 4 is 16.7 Å². The molecule has 0 amide bonds.